The summed E-state index contributed by atoms with van der Waals surface area (Å²) in [5, 5.41) is 7.29. The lowest BCUT2D eigenvalue weighted by atomic mass is 10.6. The molecule has 0 fully saturated rings. The molecule has 0 aliphatic rings. The molecule has 2 aromatic heterocycles. The maximum atomic E-state index is 5.68. The average Bonchev–Trinajstić information content (AvgIpc) is 2.51. The zero-order valence-corrected chi connectivity index (χ0v) is 8.10. The lowest BCUT2D eigenvalue weighted by molar-refractivity contribution is 0.768. The highest BCUT2D eigenvalue weighted by Gasteiger charge is 2.00. The Bertz CT molecular complexity index is 439. The number of anilines is 2. The quantitative estimate of drug-likeness (QED) is 0.749. The number of hydrogen-bond donors (Lipinski definition) is 1. The van der Waals surface area contributed by atoms with Gasteiger partial charge >= 0.3 is 0 Å². The first-order chi connectivity index (χ1) is 6.74. The predicted octanol–water partition coefficient (Wildman–Crippen LogP) is 1.00. The molecule has 7 heteroatoms. The molecule has 0 saturated heterocycles. The summed E-state index contributed by atoms with van der Waals surface area (Å²) >= 11 is 5.68. The highest BCUT2D eigenvalue weighted by Crippen LogP contribution is 2.11. The number of hydrogen-bond acceptors (Lipinski definition) is 5. The smallest absolute Gasteiger partial charge is 0.247 e. The van der Waals surface area contributed by atoms with Crippen molar-refractivity contribution in [3.05, 3.63) is 23.9 Å². The number of rotatable bonds is 2. The van der Waals surface area contributed by atoms with Crippen molar-refractivity contribution >= 4 is 23.4 Å². The fourth-order valence-corrected chi connectivity index (χ4v) is 1.06. The Kier molecular flexibility index (Phi) is 2.28. The van der Waals surface area contributed by atoms with Gasteiger partial charge in [0.15, 0.2) is 0 Å². The van der Waals surface area contributed by atoms with Gasteiger partial charge in [-0.05, 0) is 0 Å². The summed E-state index contributed by atoms with van der Waals surface area (Å²) in [5.74, 6) is 1.04. The van der Waals surface area contributed by atoms with Gasteiger partial charge in [0.1, 0.15) is 23.6 Å². The van der Waals surface area contributed by atoms with Gasteiger partial charge in [0.2, 0.25) is 5.95 Å². The van der Waals surface area contributed by atoms with Crippen molar-refractivity contribution in [2.75, 3.05) is 5.32 Å². The highest BCUT2D eigenvalue weighted by atomic mass is 35.5. The lowest BCUT2D eigenvalue weighted by Gasteiger charge is -1.99. The summed E-state index contributed by atoms with van der Waals surface area (Å²) < 4.78 is 1.59. The van der Waals surface area contributed by atoms with Crippen molar-refractivity contribution in [3.63, 3.8) is 0 Å². The summed E-state index contributed by atoms with van der Waals surface area (Å²) in [5.41, 5.74) is 0. The molecule has 0 aromatic carbocycles. The molecule has 0 unspecified atom stereocenters. The predicted molar refractivity (Wildman–Crippen MR) is 51.3 cm³/mol. The molecule has 2 aromatic rings. The van der Waals surface area contributed by atoms with Crippen LogP contribution in [0.1, 0.15) is 0 Å². The monoisotopic (exact) mass is 210 g/mol. The number of nitrogens with zero attached hydrogens (tertiary/aromatic N) is 5. The van der Waals surface area contributed by atoms with Crippen LogP contribution in [-0.2, 0) is 7.05 Å². The van der Waals surface area contributed by atoms with E-state index in [1.54, 1.807) is 24.1 Å². The molecule has 0 saturated carbocycles. The van der Waals surface area contributed by atoms with E-state index in [4.69, 9.17) is 11.6 Å². The first-order valence-corrected chi connectivity index (χ1v) is 4.22. The SMILES string of the molecule is Cn1cnc(Nc2cc(Cl)ncn2)n1. The molecule has 6 nitrogen and oxygen atoms in total. The molecular weight excluding hydrogens is 204 g/mol. The molecule has 0 amide bonds. The molecule has 2 heterocycles. The van der Waals surface area contributed by atoms with Crippen molar-refractivity contribution in [2.45, 2.75) is 0 Å². The van der Waals surface area contributed by atoms with Crippen LogP contribution in [0.15, 0.2) is 18.7 Å². The summed E-state index contributed by atoms with van der Waals surface area (Å²) in [7, 11) is 1.78. The summed E-state index contributed by atoms with van der Waals surface area (Å²) in [4.78, 5) is 11.7. The average molecular weight is 211 g/mol. The second-order valence-electron chi connectivity index (χ2n) is 2.59. The Balaban J connectivity index is 2.18. The van der Waals surface area contributed by atoms with Gasteiger partial charge in [0, 0.05) is 13.1 Å². The Morgan fingerprint density at radius 3 is 2.86 bits per heavy atom. The van der Waals surface area contributed by atoms with E-state index in [1.165, 1.54) is 6.33 Å². The van der Waals surface area contributed by atoms with Gasteiger partial charge in [0.25, 0.3) is 0 Å². The lowest BCUT2D eigenvalue weighted by Crippen LogP contribution is -1.97. The molecule has 0 radical (unpaired) electrons. The zero-order valence-electron chi connectivity index (χ0n) is 7.35. The second-order valence-corrected chi connectivity index (χ2v) is 2.98. The van der Waals surface area contributed by atoms with Crippen LogP contribution in [0.4, 0.5) is 11.8 Å². The van der Waals surface area contributed by atoms with Gasteiger partial charge in [-0.25, -0.2) is 15.0 Å². The molecule has 72 valence electrons. The van der Waals surface area contributed by atoms with Crippen LogP contribution in [0.3, 0.4) is 0 Å². The molecule has 0 spiro atoms. The van der Waals surface area contributed by atoms with Crippen molar-refractivity contribution < 1.29 is 0 Å². The van der Waals surface area contributed by atoms with E-state index in [-0.39, 0.29) is 0 Å². The van der Waals surface area contributed by atoms with E-state index < -0.39 is 0 Å². The fourth-order valence-electron chi connectivity index (χ4n) is 0.913. The van der Waals surface area contributed by atoms with Crippen LogP contribution in [0.5, 0.6) is 0 Å². The Labute approximate surface area is 85.0 Å². The normalized spacial score (nSPS) is 10.1. The molecular formula is C7H7ClN6. The van der Waals surface area contributed by atoms with Crippen molar-refractivity contribution in [1.29, 1.82) is 0 Å². The minimum atomic E-state index is 0.374. The molecule has 2 rings (SSSR count). The zero-order chi connectivity index (χ0) is 9.97. The van der Waals surface area contributed by atoms with Crippen LogP contribution >= 0.6 is 11.6 Å². The number of nitrogens with one attached hydrogen (secondary N) is 1. The van der Waals surface area contributed by atoms with Crippen molar-refractivity contribution in [2.24, 2.45) is 7.05 Å². The third kappa shape index (κ3) is 1.97. The van der Waals surface area contributed by atoms with E-state index in [0.29, 0.717) is 16.9 Å². The summed E-state index contributed by atoms with van der Waals surface area (Å²) in [6.45, 7) is 0. The summed E-state index contributed by atoms with van der Waals surface area (Å²) in [6.07, 6.45) is 2.96. The van der Waals surface area contributed by atoms with Gasteiger partial charge in [-0.2, -0.15) is 0 Å². The maximum absolute atomic E-state index is 5.68. The van der Waals surface area contributed by atoms with E-state index in [9.17, 15) is 0 Å². The van der Waals surface area contributed by atoms with Gasteiger partial charge < -0.3 is 5.32 Å². The van der Waals surface area contributed by atoms with Crippen LogP contribution in [0, 0.1) is 0 Å². The van der Waals surface area contributed by atoms with Gasteiger partial charge in [0.05, 0.1) is 0 Å². The van der Waals surface area contributed by atoms with E-state index in [1.807, 2.05) is 0 Å². The van der Waals surface area contributed by atoms with Crippen LogP contribution < -0.4 is 5.32 Å². The molecule has 0 aliphatic heterocycles. The summed E-state index contributed by atoms with van der Waals surface area (Å²) in [6, 6.07) is 1.60. The largest absolute Gasteiger partial charge is 0.307 e. The Hall–Kier alpha value is -1.69. The third-order valence-corrected chi connectivity index (χ3v) is 1.68. The van der Waals surface area contributed by atoms with E-state index in [2.05, 4.69) is 25.4 Å². The van der Waals surface area contributed by atoms with Gasteiger partial charge in [-0.1, -0.05) is 11.6 Å². The Morgan fingerprint density at radius 2 is 2.21 bits per heavy atom. The Morgan fingerprint density at radius 1 is 1.36 bits per heavy atom. The van der Waals surface area contributed by atoms with Gasteiger partial charge in [-0.15, -0.1) is 5.10 Å². The van der Waals surface area contributed by atoms with Crippen LogP contribution in [-0.4, -0.2) is 24.7 Å². The standard InChI is InChI=1S/C7H7ClN6/c1-14-4-11-7(13-14)12-6-2-5(8)9-3-10-6/h2-4H,1H3,(H,9,10,12,13). The first-order valence-electron chi connectivity index (χ1n) is 3.84. The fraction of sp³-hybridized carbons (Fsp3) is 0.143. The highest BCUT2D eigenvalue weighted by molar-refractivity contribution is 6.29. The minimum Gasteiger partial charge on any atom is -0.307 e. The maximum Gasteiger partial charge on any atom is 0.247 e. The third-order valence-electron chi connectivity index (χ3n) is 1.47. The van der Waals surface area contributed by atoms with Crippen LogP contribution in [0.2, 0.25) is 5.15 Å². The van der Waals surface area contributed by atoms with Crippen LogP contribution in [0.25, 0.3) is 0 Å². The number of halogens is 1. The molecule has 0 aliphatic carbocycles. The first kappa shape index (κ1) is 8.89. The van der Waals surface area contributed by atoms with E-state index in [0.717, 1.165) is 0 Å². The second kappa shape index (κ2) is 3.59. The van der Waals surface area contributed by atoms with Crippen molar-refractivity contribution in [1.82, 2.24) is 24.7 Å². The molecule has 0 bridgehead atoms. The van der Waals surface area contributed by atoms with E-state index >= 15 is 0 Å². The molecule has 1 N–H and O–H groups in total. The van der Waals surface area contributed by atoms with Crippen molar-refractivity contribution in [3.8, 4) is 0 Å². The number of aromatic nitrogens is 5. The number of aryl methyl sites for hydroxylation is 1. The van der Waals surface area contributed by atoms with Gasteiger partial charge in [-0.3, -0.25) is 4.68 Å². The molecule has 0 atom stereocenters. The minimum absolute atomic E-state index is 0.374. The topological polar surface area (TPSA) is 68.5 Å². The molecule has 14 heavy (non-hydrogen) atoms.